The van der Waals surface area contributed by atoms with E-state index in [1.54, 1.807) is 0 Å². The van der Waals surface area contributed by atoms with Crippen molar-refractivity contribution in [2.24, 2.45) is 0 Å². The van der Waals surface area contributed by atoms with Gasteiger partial charge in [0.05, 0.1) is 24.0 Å². The molecule has 0 bridgehead atoms. The van der Waals surface area contributed by atoms with Gasteiger partial charge in [-0.2, -0.15) is 0 Å². The zero-order valence-electron chi connectivity index (χ0n) is 10.3. The minimum absolute atomic E-state index is 0.726. The lowest BCUT2D eigenvalue weighted by molar-refractivity contribution is 0.800. The summed E-state index contributed by atoms with van der Waals surface area (Å²) in [5.41, 5.74) is 4.58. The fourth-order valence-electron chi connectivity index (χ4n) is 1.98. The molecule has 1 heterocycles. The molecule has 1 aromatic heterocycles. The van der Waals surface area contributed by atoms with Crippen molar-refractivity contribution in [1.82, 2.24) is 9.55 Å². The SMILES string of the molecule is Cc1ccc(NCn2cnc3ccccc32)cc1. The Morgan fingerprint density at radius 1 is 1.06 bits per heavy atom. The molecule has 1 N–H and O–H groups in total. The van der Waals surface area contributed by atoms with Crippen molar-refractivity contribution >= 4 is 16.7 Å². The van der Waals surface area contributed by atoms with Crippen molar-refractivity contribution < 1.29 is 0 Å². The number of nitrogens with zero attached hydrogens (tertiary/aromatic N) is 2. The second-order valence-electron chi connectivity index (χ2n) is 4.40. The lowest BCUT2D eigenvalue weighted by atomic mass is 10.2. The first-order valence-electron chi connectivity index (χ1n) is 6.03. The van der Waals surface area contributed by atoms with Crippen molar-refractivity contribution in [2.75, 3.05) is 5.32 Å². The van der Waals surface area contributed by atoms with Gasteiger partial charge in [0, 0.05) is 5.69 Å². The van der Waals surface area contributed by atoms with Crippen LogP contribution in [0.15, 0.2) is 54.9 Å². The number of hydrogen-bond acceptors (Lipinski definition) is 2. The first-order valence-corrected chi connectivity index (χ1v) is 6.03. The Morgan fingerprint density at radius 3 is 2.67 bits per heavy atom. The first-order chi connectivity index (χ1) is 8.83. The molecule has 90 valence electrons. The molecule has 3 heteroatoms. The molecule has 0 unspecified atom stereocenters. The van der Waals surface area contributed by atoms with E-state index in [0.717, 1.165) is 23.4 Å². The molecule has 0 atom stereocenters. The molecule has 3 aromatic rings. The van der Waals surface area contributed by atoms with Crippen molar-refractivity contribution in [2.45, 2.75) is 13.6 Å². The van der Waals surface area contributed by atoms with E-state index in [0.29, 0.717) is 0 Å². The molecule has 0 radical (unpaired) electrons. The van der Waals surface area contributed by atoms with Crippen LogP contribution in [0.3, 0.4) is 0 Å². The van der Waals surface area contributed by atoms with Crippen molar-refractivity contribution in [3.05, 3.63) is 60.4 Å². The third-order valence-corrected chi connectivity index (χ3v) is 3.03. The fraction of sp³-hybridized carbons (Fsp3) is 0.133. The molecule has 2 aromatic carbocycles. The van der Waals surface area contributed by atoms with Gasteiger partial charge < -0.3 is 9.88 Å². The Labute approximate surface area is 106 Å². The average Bonchev–Trinajstić information content (AvgIpc) is 2.82. The maximum atomic E-state index is 4.37. The van der Waals surface area contributed by atoms with E-state index >= 15 is 0 Å². The third-order valence-electron chi connectivity index (χ3n) is 3.03. The Kier molecular flexibility index (Phi) is 2.73. The maximum Gasteiger partial charge on any atom is 0.0973 e. The summed E-state index contributed by atoms with van der Waals surface area (Å²) in [4.78, 5) is 4.37. The number of imidazole rings is 1. The smallest absolute Gasteiger partial charge is 0.0973 e. The minimum atomic E-state index is 0.726. The fourth-order valence-corrected chi connectivity index (χ4v) is 1.98. The second-order valence-corrected chi connectivity index (χ2v) is 4.40. The predicted octanol–water partition coefficient (Wildman–Crippen LogP) is 3.41. The zero-order chi connectivity index (χ0) is 12.4. The molecular formula is C15H15N3. The molecule has 0 saturated heterocycles. The largest absolute Gasteiger partial charge is 0.367 e. The van der Waals surface area contributed by atoms with E-state index in [1.807, 2.05) is 24.5 Å². The average molecular weight is 237 g/mol. The van der Waals surface area contributed by atoms with Crippen molar-refractivity contribution in [3.8, 4) is 0 Å². The summed E-state index contributed by atoms with van der Waals surface area (Å²) in [6, 6.07) is 16.5. The Morgan fingerprint density at radius 2 is 1.83 bits per heavy atom. The predicted molar refractivity (Wildman–Crippen MR) is 74.5 cm³/mol. The third kappa shape index (κ3) is 2.07. The number of fused-ring (bicyclic) bond motifs is 1. The summed E-state index contributed by atoms with van der Waals surface area (Å²) >= 11 is 0. The normalized spacial score (nSPS) is 10.7. The van der Waals surface area contributed by atoms with Gasteiger partial charge in [0.2, 0.25) is 0 Å². The van der Waals surface area contributed by atoms with Gasteiger partial charge in [0.15, 0.2) is 0 Å². The number of aryl methyl sites for hydroxylation is 1. The van der Waals surface area contributed by atoms with Crippen LogP contribution in [-0.4, -0.2) is 9.55 Å². The highest BCUT2D eigenvalue weighted by Crippen LogP contribution is 2.13. The molecule has 0 fully saturated rings. The topological polar surface area (TPSA) is 29.9 Å². The van der Waals surface area contributed by atoms with Crippen LogP contribution in [0.25, 0.3) is 11.0 Å². The highest BCUT2D eigenvalue weighted by molar-refractivity contribution is 5.75. The summed E-state index contributed by atoms with van der Waals surface area (Å²) in [6.07, 6.45) is 1.87. The van der Waals surface area contributed by atoms with Gasteiger partial charge in [0.1, 0.15) is 0 Å². The molecule has 0 aliphatic heterocycles. The highest BCUT2D eigenvalue weighted by atomic mass is 15.1. The minimum Gasteiger partial charge on any atom is -0.367 e. The van der Waals surface area contributed by atoms with Crippen LogP contribution in [0.4, 0.5) is 5.69 Å². The van der Waals surface area contributed by atoms with E-state index < -0.39 is 0 Å². The van der Waals surface area contributed by atoms with Crippen LogP contribution in [-0.2, 0) is 6.67 Å². The van der Waals surface area contributed by atoms with Crippen molar-refractivity contribution in [1.29, 1.82) is 0 Å². The standard InChI is InChI=1S/C15H15N3/c1-12-6-8-13(9-7-12)16-10-18-11-17-14-4-2-3-5-15(14)18/h2-9,11,16H,10H2,1H3. The van der Waals surface area contributed by atoms with Crippen molar-refractivity contribution in [3.63, 3.8) is 0 Å². The summed E-state index contributed by atoms with van der Waals surface area (Å²) < 4.78 is 2.11. The summed E-state index contributed by atoms with van der Waals surface area (Å²) in [7, 11) is 0. The van der Waals surface area contributed by atoms with Gasteiger partial charge >= 0.3 is 0 Å². The van der Waals surface area contributed by atoms with Gasteiger partial charge in [-0.3, -0.25) is 0 Å². The summed E-state index contributed by atoms with van der Waals surface area (Å²) in [5.74, 6) is 0. The molecule has 18 heavy (non-hydrogen) atoms. The van der Waals surface area contributed by atoms with Crippen LogP contribution in [0.1, 0.15) is 5.56 Å². The Bertz CT molecular complexity index is 653. The Balaban J connectivity index is 1.79. The lowest BCUT2D eigenvalue weighted by Crippen LogP contribution is -2.06. The van der Waals surface area contributed by atoms with E-state index in [9.17, 15) is 0 Å². The van der Waals surface area contributed by atoms with Gasteiger partial charge in [-0.05, 0) is 31.2 Å². The lowest BCUT2D eigenvalue weighted by Gasteiger charge is -2.08. The summed E-state index contributed by atoms with van der Waals surface area (Å²) in [6.45, 7) is 2.82. The number of para-hydroxylation sites is 2. The van der Waals surface area contributed by atoms with E-state index in [-0.39, 0.29) is 0 Å². The number of rotatable bonds is 3. The van der Waals surface area contributed by atoms with Crippen LogP contribution >= 0.6 is 0 Å². The molecular weight excluding hydrogens is 222 g/mol. The van der Waals surface area contributed by atoms with E-state index in [2.05, 4.69) is 52.1 Å². The molecule has 3 rings (SSSR count). The van der Waals surface area contributed by atoms with E-state index in [4.69, 9.17) is 0 Å². The number of hydrogen-bond donors (Lipinski definition) is 1. The second kappa shape index (κ2) is 4.53. The molecule has 0 spiro atoms. The van der Waals surface area contributed by atoms with Gasteiger partial charge in [-0.1, -0.05) is 29.8 Å². The summed E-state index contributed by atoms with van der Waals surface area (Å²) in [5, 5.41) is 3.39. The highest BCUT2D eigenvalue weighted by Gasteiger charge is 2.00. The molecule has 0 amide bonds. The monoisotopic (exact) mass is 237 g/mol. The van der Waals surface area contributed by atoms with Crippen LogP contribution in [0, 0.1) is 6.92 Å². The van der Waals surface area contributed by atoms with E-state index in [1.165, 1.54) is 5.56 Å². The quantitative estimate of drug-likeness (QED) is 0.756. The Hall–Kier alpha value is -2.29. The van der Waals surface area contributed by atoms with Crippen LogP contribution in [0.2, 0.25) is 0 Å². The molecule has 0 aliphatic rings. The number of aromatic nitrogens is 2. The molecule has 3 nitrogen and oxygen atoms in total. The van der Waals surface area contributed by atoms with Gasteiger partial charge in [-0.15, -0.1) is 0 Å². The maximum absolute atomic E-state index is 4.37. The number of benzene rings is 2. The van der Waals surface area contributed by atoms with Crippen LogP contribution < -0.4 is 5.32 Å². The molecule has 0 aliphatic carbocycles. The van der Waals surface area contributed by atoms with Gasteiger partial charge in [-0.25, -0.2) is 4.98 Å². The van der Waals surface area contributed by atoms with Gasteiger partial charge in [0.25, 0.3) is 0 Å². The molecule has 0 saturated carbocycles. The number of anilines is 1. The first kappa shape index (κ1) is 10.8. The van der Waals surface area contributed by atoms with Crippen LogP contribution in [0.5, 0.6) is 0 Å². The zero-order valence-corrected chi connectivity index (χ0v) is 10.3. The number of nitrogens with one attached hydrogen (secondary N) is 1.